The predicted molar refractivity (Wildman–Crippen MR) is 127 cm³/mol. The average molecular weight is 430 g/mol. The zero-order valence-electron chi connectivity index (χ0n) is 18.0. The molecule has 0 atom stereocenters. The van der Waals surface area contributed by atoms with Crippen molar-refractivity contribution in [1.29, 1.82) is 0 Å². The van der Waals surface area contributed by atoms with E-state index in [0.29, 0.717) is 26.2 Å². The first-order valence-electron chi connectivity index (χ1n) is 10.9. The molecule has 0 spiro atoms. The minimum atomic E-state index is 0.0660. The van der Waals surface area contributed by atoms with Gasteiger partial charge in [-0.3, -0.25) is 4.98 Å². The molecule has 0 aliphatic rings. The highest BCUT2D eigenvalue weighted by Crippen LogP contribution is 2.34. The van der Waals surface area contributed by atoms with E-state index < -0.39 is 0 Å². The fourth-order valence-electron chi connectivity index (χ4n) is 4.01. The summed E-state index contributed by atoms with van der Waals surface area (Å²) in [6.07, 6.45) is 1.78. The van der Waals surface area contributed by atoms with Crippen molar-refractivity contribution in [2.24, 2.45) is 5.73 Å². The maximum atomic E-state index is 9.40. The van der Waals surface area contributed by atoms with Gasteiger partial charge in [-0.15, -0.1) is 0 Å². The van der Waals surface area contributed by atoms with Crippen molar-refractivity contribution in [2.45, 2.75) is 13.1 Å². The molecule has 4 rings (SSSR count). The second-order valence-electron chi connectivity index (χ2n) is 7.85. The van der Waals surface area contributed by atoms with E-state index in [9.17, 15) is 10.2 Å². The van der Waals surface area contributed by atoms with Crippen LogP contribution in [-0.4, -0.2) is 46.5 Å². The average Bonchev–Trinajstić information content (AvgIpc) is 2.84. The summed E-state index contributed by atoms with van der Waals surface area (Å²) in [7, 11) is 0. The lowest BCUT2D eigenvalue weighted by atomic mass is 9.96. The van der Waals surface area contributed by atoms with E-state index in [0.717, 1.165) is 49.4 Å². The van der Waals surface area contributed by atoms with E-state index in [1.54, 1.807) is 6.20 Å². The number of pyridine rings is 2. The van der Waals surface area contributed by atoms with Crippen molar-refractivity contribution in [3.05, 3.63) is 84.2 Å². The number of nitrogens with two attached hydrogens (primary N) is 1. The maximum absolute atomic E-state index is 9.40. The molecular weight excluding hydrogens is 400 g/mol. The summed E-state index contributed by atoms with van der Waals surface area (Å²) < 4.78 is 0. The summed E-state index contributed by atoms with van der Waals surface area (Å²) in [5, 5.41) is 19.8. The van der Waals surface area contributed by atoms with Crippen LogP contribution in [0.1, 0.15) is 11.3 Å². The van der Waals surface area contributed by atoms with Crippen LogP contribution in [0.25, 0.3) is 33.3 Å². The first-order chi connectivity index (χ1) is 15.7. The summed E-state index contributed by atoms with van der Waals surface area (Å²) in [4.78, 5) is 10.8. The summed E-state index contributed by atoms with van der Waals surface area (Å²) in [6, 6.07) is 22.6. The van der Waals surface area contributed by atoms with Gasteiger partial charge in [0.25, 0.3) is 0 Å². The molecular formula is C26H29N4O2+. The number of hydrogen-bond donors (Lipinski definition) is 4. The molecule has 0 fully saturated rings. The first kappa shape index (κ1) is 22.0. The Morgan fingerprint density at radius 1 is 0.844 bits per heavy atom. The quantitative estimate of drug-likeness (QED) is 0.325. The smallest absolute Gasteiger partial charge is 0.121 e. The molecule has 32 heavy (non-hydrogen) atoms. The van der Waals surface area contributed by atoms with E-state index in [-0.39, 0.29) is 13.2 Å². The molecule has 164 valence electrons. The molecule has 2 aromatic carbocycles. The number of aromatic nitrogens is 2. The van der Waals surface area contributed by atoms with Gasteiger partial charge in [0.2, 0.25) is 0 Å². The van der Waals surface area contributed by atoms with Crippen LogP contribution in [0.15, 0.2) is 72.9 Å². The molecule has 2 aromatic heterocycles. The Kier molecular flexibility index (Phi) is 7.19. The fourth-order valence-corrected chi connectivity index (χ4v) is 4.01. The molecule has 4 aromatic rings. The van der Waals surface area contributed by atoms with Gasteiger partial charge in [-0.05, 0) is 23.3 Å². The highest BCUT2D eigenvalue weighted by Gasteiger charge is 2.17. The standard InChI is InChI=1S/C26H28N4O2/c27-17-19-6-8-21(9-7-19)26-22(20-4-2-1-3-5-20)16-23-24(29-26)10-11-28-25(23)18-30(12-14-31)13-15-32/h1-11,16,31-32H,12-15,17-18,27H2/p+1. The largest absolute Gasteiger partial charge is 0.391 e. The molecule has 0 aliphatic carbocycles. The number of quaternary nitrogens is 1. The number of aliphatic hydroxyl groups is 2. The summed E-state index contributed by atoms with van der Waals surface area (Å²) in [6.45, 7) is 2.37. The molecule has 0 amide bonds. The van der Waals surface area contributed by atoms with Crippen LogP contribution in [0, 0.1) is 0 Å². The van der Waals surface area contributed by atoms with E-state index in [2.05, 4.69) is 35.3 Å². The molecule has 0 aliphatic heterocycles. The normalized spacial score (nSPS) is 11.4. The second kappa shape index (κ2) is 10.4. The minimum absolute atomic E-state index is 0.0660. The number of hydrogen-bond acceptors (Lipinski definition) is 5. The lowest BCUT2D eigenvalue weighted by Gasteiger charge is -2.18. The number of nitrogens with one attached hydrogen (secondary N) is 1. The Balaban J connectivity index is 1.87. The van der Waals surface area contributed by atoms with E-state index in [4.69, 9.17) is 10.7 Å². The Hall–Kier alpha value is -3.16. The molecule has 5 N–H and O–H groups in total. The van der Waals surface area contributed by atoms with Crippen molar-refractivity contribution >= 4 is 10.9 Å². The molecule has 0 unspecified atom stereocenters. The van der Waals surface area contributed by atoms with Crippen molar-refractivity contribution in [2.75, 3.05) is 26.3 Å². The number of benzene rings is 2. The maximum Gasteiger partial charge on any atom is 0.121 e. The van der Waals surface area contributed by atoms with Gasteiger partial charge in [-0.2, -0.15) is 0 Å². The Bertz CT molecular complexity index is 1160. The zero-order valence-corrected chi connectivity index (χ0v) is 18.0. The van der Waals surface area contributed by atoms with Crippen molar-refractivity contribution in [3.63, 3.8) is 0 Å². The Morgan fingerprint density at radius 3 is 2.22 bits per heavy atom. The van der Waals surface area contributed by atoms with E-state index >= 15 is 0 Å². The first-order valence-corrected chi connectivity index (χ1v) is 10.9. The van der Waals surface area contributed by atoms with Crippen molar-refractivity contribution < 1.29 is 15.1 Å². The molecule has 0 saturated carbocycles. The minimum Gasteiger partial charge on any atom is -0.391 e. The van der Waals surface area contributed by atoms with Crippen LogP contribution in [0.4, 0.5) is 0 Å². The topological polar surface area (TPSA) is 96.7 Å². The van der Waals surface area contributed by atoms with Gasteiger partial charge < -0.3 is 20.8 Å². The molecule has 6 heteroatoms. The Labute approximate surface area is 188 Å². The zero-order chi connectivity index (χ0) is 22.3. The second-order valence-corrected chi connectivity index (χ2v) is 7.85. The van der Waals surface area contributed by atoms with Gasteiger partial charge in [-0.1, -0.05) is 54.6 Å². The molecule has 0 saturated heterocycles. The predicted octanol–water partition coefficient (Wildman–Crippen LogP) is 1.79. The number of aliphatic hydroxyl groups excluding tert-OH is 2. The van der Waals surface area contributed by atoms with Gasteiger partial charge in [0.05, 0.1) is 24.4 Å². The molecule has 0 radical (unpaired) electrons. The monoisotopic (exact) mass is 429 g/mol. The van der Waals surface area contributed by atoms with Crippen LogP contribution in [-0.2, 0) is 13.1 Å². The van der Waals surface area contributed by atoms with Crippen LogP contribution in [0.3, 0.4) is 0 Å². The lowest BCUT2D eigenvalue weighted by molar-refractivity contribution is -0.914. The summed E-state index contributed by atoms with van der Waals surface area (Å²) in [5.41, 5.74) is 12.7. The van der Waals surface area contributed by atoms with E-state index in [1.807, 2.05) is 36.4 Å². The molecule has 0 bridgehead atoms. The van der Waals surface area contributed by atoms with Crippen LogP contribution < -0.4 is 10.6 Å². The highest BCUT2D eigenvalue weighted by atomic mass is 16.3. The van der Waals surface area contributed by atoms with Gasteiger partial charge in [0, 0.05) is 29.3 Å². The van der Waals surface area contributed by atoms with Crippen molar-refractivity contribution in [1.82, 2.24) is 9.97 Å². The Morgan fingerprint density at radius 2 is 1.56 bits per heavy atom. The van der Waals surface area contributed by atoms with Gasteiger partial charge >= 0.3 is 0 Å². The third-order valence-corrected chi connectivity index (χ3v) is 5.72. The SMILES string of the molecule is NCc1ccc(-c2nc3ccnc(C[NH+](CCO)CCO)c3cc2-c2ccccc2)cc1. The van der Waals surface area contributed by atoms with E-state index in [1.165, 1.54) is 0 Å². The van der Waals surface area contributed by atoms with Gasteiger partial charge in [-0.25, -0.2) is 4.98 Å². The number of rotatable bonds is 9. The van der Waals surface area contributed by atoms with Crippen molar-refractivity contribution in [3.8, 4) is 22.4 Å². The highest BCUT2D eigenvalue weighted by molar-refractivity contribution is 5.92. The van der Waals surface area contributed by atoms with Crippen LogP contribution in [0.2, 0.25) is 0 Å². The number of fused-ring (bicyclic) bond motifs is 1. The summed E-state index contributed by atoms with van der Waals surface area (Å²) >= 11 is 0. The molecule has 2 heterocycles. The summed E-state index contributed by atoms with van der Waals surface area (Å²) in [5.74, 6) is 0. The van der Waals surface area contributed by atoms with Crippen LogP contribution in [0.5, 0.6) is 0 Å². The number of nitrogens with zero attached hydrogens (tertiary/aromatic N) is 2. The lowest BCUT2D eigenvalue weighted by Crippen LogP contribution is -3.11. The van der Waals surface area contributed by atoms with Crippen LogP contribution >= 0.6 is 0 Å². The third kappa shape index (κ3) is 4.84. The molecule has 6 nitrogen and oxygen atoms in total. The van der Waals surface area contributed by atoms with Gasteiger partial charge in [0.15, 0.2) is 0 Å². The van der Waals surface area contributed by atoms with Gasteiger partial charge in [0.1, 0.15) is 25.3 Å². The fraction of sp³-hybridized carbons (Fsp3) is 0.231. The third-order valence-electron chi connectivity index (χ3n) is 5.72.